The maximum absolute atomic E-state index is 11.8. The molecular formula is C9H13NO3S2. The van der Waals surface area contributed by atoms with Crippen LogP contribution in [0.3, 0.4) is 0 Å². The first-order valence-corrected chi connectivity index (χ1v) is 6.57. The minimum atomic E-state index is -1.45. The van der Waals surface area contributed by atoms with Crippen LogP contribution >= 0.6 is 11.3 Å². The lowest BCUT2D eigenvalue weighted by atomic mass is 10.2. The van der Waals surface area contributed by atoms with Crippen LogP contribution in [0.15, 0.2) is 5.38 Å². The molecule has 0 aromatic carbocycles. The molecule has 1 unspecified atom stereocenters. The zero-order valence-corrected chi connectivity index (χ0v) is 10.4. The van der Waals surface area contributed by atoms with Crippen LogP contribution in [-0.4, -0.2) is 25.0 Å². The van der Waals surface area contributed by atoms with Gasteiger partial charge >= 0.3 is 5.97 Å². The van der Waals surface area contributed by atoms with Gasteiger partial charge in [-0.15, -0.1) is 11.3 Å². The summed E-state index contributed by atoms with van der Waals surface area (Å²) in [7, 11) is -1.45. The van der Waals surface area contributed by atoms with Crippen molar-refractivity contribution in [1.29, 1.82) is 0 Å². The van der Waals surface area contributed by atoms with Crippen molar-refractivity contribution in [1.82, 2.24) is 4.98 Å². The summed E-state index contributed by atoms with van der Waals surface area (Å²) in [6.07, 6.45) is 0. The second-order valence-corrected chi connectivity index (χ2v) is 6.73. The molecule has 1 N–H and O–H groups in total. The molecule has 0 saturated carbocycles. The van der Waals surface area contributed by atoms with Crippen LogP contribution < -0.4 is 0 Å². The SMILES string of the molecule is Cc1nc(CS(=O)C(C)(C)C(=O)O)cs1. The van der Waals surface area contributed by atoms with E-state index in [9.17, 15) is 9.00 Å². The summed E-state index contributed by atoms with van der Waals surface area (Å²) < 4.78 is 10.6. The molecule has 1 atom stereocenters. The lowest BCUT2D eigenvalue weighted by Crippen LogP contribution is -2.37. The molecule has 0 saturated heterocycles. The number of hydrogen-bond donors (Lipinski definition) is 1. The van der Waals surface area contributed by atoms with E-state index >= 15 is 0 Å². The Kier molecular flexibility index (Phi) is 3.62. The monoisotopic (exact) mass is 247 g/mol. The van der Waals surface area contributed by atoms with Gasteiger partial charge in [-0.2, -0.15) is 0 Å². The molecule has 1 aromatic rings. The van der Waals surface area contributed by atoms with Gasteiger partial charge in [-0.05, 0) is 20.8 Å². The molecule has 1 heterocycles. The highest BCUT2D eigenvalue weighted by atomic mass is 32.2. The average molecular weight is 247 g/mol. The Morgan fingerprint density at radius 3 is 2.67 bits per heavy atom. The van der Waals surface area contributed by atoms with Gasteiger partial charge in [0.1, 0.15) is 4.75 Å². The molecule has 0 bridgehead atoms. The van der Waals surface area contributed by atoms with Gasteiger partial charge in [0.2, 0.25) is 0 Å². The van der Waals surface area contributed by atoms with Crippen molar-refractivity contribution in [3.8, 4) is 0 Å². The van der Waals surface area contributed by atoms with Gasteiger partial charge in [-0.1, -0.05) is 0 Å². The van der Waals surface area contributed by atoms with Gasteiger partial charge in [0.15, 0.2) is 0 Å². The Morgan fingerprint density at radius 2 is 2.27 bits per heavy atom. The van der Waals surface area contributed by atoms with Crippen LogP contribution in [-0.2, 0) is 21.3 Å². The third-order valence-electron chi connectivity index (χ3n) is 2.03. The predicted octanol–water partition coefficient (Wildman–Crippen LogP) is 1.56. The molecule has 0 amide bonds. The van der Waals surface area contributed by atoms with Crippen molar-refractivity contribution in [3.05, 3.63) is 16.1 Å². The molecular weight excluding hydrogens is 234 g/mol. The summed E-state index contributed by atoms with van der Waals surface area (Å²) in [5.41, 5.74) is 0.699. The molecule has 15 heavy (non-hydrogen) atoms. The Labute approximate surface area is 94.8 Å². The predicted molar refractivity (Wildman–Crippen MR) is 60.4 cm³/mol. The Hall–Kier alpha value is -0.750. The van der Waals surface area contributed by atoms with Crippen molar-refractivity contribution in [3.63, 3.8) is 0 Å². The van der Waals surface area contributed by atoms with Crippen molar-refractivity contribution < 1.29 is 14.1 Å². The van der Waals surface area contributed by atoms with Crippen LogP contribution in [0, 0.1) is 6.92 Å². The fourth-order valence-corrected chi connectivity index (χ4v) is 2.58. The van der Waals surface area contributed by atoms with E-state index in [1.54, 1.807) is 0 Å². The molecule has 1 rings (SSSR count). The lowest BCUT2D eigenvalue weighted by molar-refractivity contribution is -0.139. The Morgan fingerprint density at radius 1 is 1.67 bits per heavy atom. The molecule has 4 nitrogen and oxygen atoms in total. The molecule has 1 aromatic heterocycles. The fourth-order valence-electron chi connectivity index (χ4n) is 0.887. The van der Waals surface area contributed by atoms with Crippen LogP contribution in [0.4, 0.5) is 0 Å². The molecule has 0 aliphatic heterocycles. The minimum Gasteiger partial charge on any atom is -0.480 e. The molecule has 0 aliphatic carbocycles. The van der Waals surface area contributed by atoms with E-state index in [2.05, 4.69) is 4.98 Å². The maximum atomic E-state index is 11.8. The molecule has 0 fully saturated rings. The second-order valence-electron chi connectivity index (χ2n) is 3.66. The number of carbonyl (C=O) groups is 1. The van der Waals surface area contributed by atoms with Gasteiger partial charge in [0.25, 0.3) is 0 Å². The van der Waals surface area contributed by atoms with E-state index in [0.29, 0.717) is 5.69 Å². The van der Waals surface area contributed by atoms with Crippen LogP contribution in [0.25, 0.3) is 0 Å². The van der Waals surface area contributed by atoms with Gasteiger partial charge in [0, 0.05) is 16.2 Å². The van der Waals surface area contributed by atoms with Gasteiger partial charge in [0.05, 0.1) is 16.5 Å². The molecule has 0 aliphatic rings. The number of carboxylic acids is 1. The van der Waals surface area contributed by atoms with Gasteiger partial charge in [-0.25, -0.2) is 4.98 Å². The number of rotatable bonds is 4. The van der Waals surface area contributed by atoms with Crippen LogP contribution in [0.1, 0.15) is 24.5 Å². The third-order valence-corrected chi connectivity index (χ3v) is 4.72. The highest BCUT2D eigenvalue weighted by molar-refractivity contribution is 7.86. The van der Waals surface area contributed by atoms with Crippen LogP contribution in [0.2, 0.25) is 0 Å². The Bertz CT molecular complexity index is 398. The number of aliphatic carboxylic acids is 1. The summed E-state index contributed by atoms with van der Waals surface area (Å²) >= 11 is 1.47. The van der Waals surface area contributed by atoms with Gasteiger partial charge < -0.3 is 5.11 Å². The Balaban J connectivity index is 2.76. The van der Waals surface area contributed by atoms with E-state index in [4.69, 9.17) is 5.11 Å². The highest BCUT2D eigenvalue weighted by Crippen LogP contribution is 2.18. The van der Waals surface area contributed by atoms with Crippen molar-refractivity contribution in [2.24, 2.45) is 0 Å². The van der Waals surface area contributed by atoms with Crippen molar-refractivity contribution >= 4 is 28.1 Å². The number of thiazole rings is 1. The summed E-state index contributed by atoms with van der Waals surface area (Å²) in [6.45, 7) is 4.79. The lowest BCUT2D eigenvalue weighted by Gasteiger charge is -2.17. The quantitative estimate of drug-likeness (QED) is 0.877. The zero-order chi connectivity index (χ0) is 11.6. The number of aromatic nitrogens is 1. The largest absolute Gasteiger partial charge is 0.480 e. The number of hydrogen-bond acceptors (Lipinski definition) is 4. The first kappa shape index (κ1) is 12.3. The fraction of sp³-hybridized carbons (Fsp3) is 0.556. The van der Waals surface area contributed by atoms with Crippen LogP contribution in [0.5, 0.6) is 0 Å². The highest BCUT2D eigenvalue weighted by Gasteiger charge is 2.34. The summed E-state index contributed by atoms with van der Waals surface area (Å²) in [4.78, 5) is 15.0. The van der Waals surface area contributed by atoms with E-state index in [-0.39, 0.29) is 5.75 Å². The second kappa shape index (κ2) is 4.40. The van der Waals surface area contributed by atoms with Crippen molar-refractivity contribution in [2.75, 3.05) is 0 Å². The summed E-state index contributed by atoms with van der Waals surface area (Å²) in [6, 6.07) is 0. The topological polar surface area (TPSA) is 67.3 Å². The summed E-state index contributed by atoms with van der Waals surface area (Å²) in [5.74, 6) is -0.850. The number of nitrogens with zero attached hydrogens (tertiary/aromatic N) is 1. The zero-order valence-electron chi connectivity index (χ0n) is 8.81. The molecule has 84 valence electrons. The first-order chi connectivity index (χ1) is 6.84. The average Bonchev–Trinajstić information content (AvgIpc) is 2.50. The van der Waals surface area contributed by atoms with E-state index < -0.39 is 21.5 Å². The van der Waals surface area contributed by atoms with Crippen molar-refractivity contribution in [2.45, 2.75) is 31.3 Å². The number of carboxylic acid groups (broad SMARTS) is 1. The van der Waals surface area contributed by atoms with E-state index in [1.807, 2.05) is 12.3 Å². The van der Waals surface area contributed by atoms with Gasteiger partial charge in [-0.3, -0.25) is 9.00 Å². The maximum Gasteiger partial charge on any atom is 0.321 e. The van der Waals surface area contributed by atoms with E-state index in [1.165, 1.54) is 25.2 Å². The smallest absolute Gasteiger partial charge is 0.321 e. The standard InChI is InChI=1S/C9H13NO3S2/c1-6-10-7(4-14-6)5-15(13)9(2,3)8(11)12/h4H,5H2,1-3H3,(H,11,12). The third kappa shape index (κ3) is 2.85. The molecule has 0 spiro atoms. The number of aryl methyl sites for hydroxylation is 1. The van der Waals surface area contributed by atoms with E-state index in [0.717, 1.165) is 5.01 Å². The molecule has 6 heteroatoms. The summed E-state index contributed by atoms with van der Waals surface area (Å²) in [5, 5.41) is 11.6. The molecule has 0 radical (unpaired) electrons. The first-order valence-electron chi connectivity index (χ1n) is 4.37. The minimum absolute atomic E-state index is 0.198. The normalized spacial score (nSPS) is 13.8.